The van der Waals surface area contributed by atoms with Gasteiger partial charge in [0.1, 0.15) is 0 Å². The number of nitrogens with one attached hydrogen (secondary N) is 1. The number of hydrogen-bond donors (Lipinski definition) is 1. The highest BCUT2D eigenvalue weighted by Crippen LogP contribution is 2.02. The zero-order valence-electron chi connectivity index (χ0n) is 10.7. The van der Waals surface area contributed by atoms with Crippen LogP contribution in [0.5, 0.6) is 0 Å². The van der Waals surface area contributed by atoms with Crippen LogP contribution in [0.1, 0.15) is 40.5 Å². The number of rotatable bonds is 10. The Kier molecular flexibility index (Phi) is 10.3. The van der Waals surface area contributed by atoms with Crippen LogP contribution in [0.4, 0.5) is 0 Å². The summed E-state index contributed by atoms with van der Waals surface area (Å²) in [5.41, 5.74) is 0. The summed E-state index contributed by atoms with van der Waals surface area (Å²) < 4.78 is 11.1. The van der Waals surface area contributed by atoms with Crippen LogP contribution in [-0.4, -0.2) is 38.5 Å². The van der Waals surface area contributed by atoms with Crippen LogP contribution in [0, 0.1) is 0 Å². The van der Waals surface area contributed by atoms with E-state index in [-0.39, 0.29) is 6.10 Å². The minimum atomic E-state index is 0.264. The van der Waals surface area contributed by atoms with E-state index in [4.69, 9.17) is 9.47 Å². The molecule has 0 amide bonds. The van der Waals surface area contributed by atoms with Crippen LogP contribution in [0.3, 0.4) is 0 Å². The second-order valence-corrected chi connectivity index (χ2v) is 3.76. The summed E-state index contributed by atoms with van der Waals surface area (Å²) in [5.74, 6) is 0. The summed E-state index contributed by atoms with van der Waals surface area (Å²) >= 11 is 0. The quantitative estimate of drug-likeness (QED) is 0.569. The molecule has 0 saturated heterocycles. The monoisotopic (exact) mass is 217 g/mol. The summed E-state index contributed by atoms with van der Waals surface area (Å²) in [6.45, 7) is 11.8. The van der Waals surface area contributed by atoms with Gasteiger partial charge in [-0.05, 0) is 26.3 Å². The first-order valence-electron chi connectivity index (χ1n) is 6.18. The van der Waals surface area contributed by atoms with E-state index in [1.165, 1.54) is 0 Å². The smallest absolute Gasteiger partial charge is 0.0704 e. The summed E-state index contributed by atoms with van der Waals surface area (Å²) in [6.07, 6.45) is 2.44. The zero-order valence-corrected chi connectivity index (χ0v) is 10.7. The fourth-order valence-corrected chi connectivity index (χ4v) is 1.56. The first-order valence-corrected chi connectivity index (χ1v) is 6.18. The van der Waals surface area contributed by atoms with Crippen LogP contribution in [0.25, 0.3) is 0 Å². The first kappa shape index (κ1) is 14.9. The van der Waals surface area contributed by atoms with Crippen LogP contribution >= 0.6 is 0 Å². The van der Waals surface area contributed by atoms with E-state index in [1.807, 2.05) is 0 Å². The minimum Gasteiger partial charge on any atom is -0.379 e. The van der Waals surface area contributed by atoms with Crippen molar-refractivity contribution in [2.75, 3.05) is 26.4 Å². The third-order valence-electron chi connectivity index (χ3n) is 2.43. The van der Waals surface area contributed by atoms with Gasteiger partial charge in [-0.15, -0.1) is 0 Å². The Hall–Kier alpha value is -0.120. The topological polar surface area (TPSA) is 30.5 Å². The summed E-state index contributed by atoms with van der Waals surface area (Å²) in [5, 5.41) is 3.42. The van der Waals surface area contributed by atoms with E-state index in [0.29, 0.717) is 19.3 Å². The molecule has 0 aliphatic carbocycles. The Labute approximate surface area is 94.5 Å². The third kappa shape index (κ3) is 7.77. The predicted molar refractivity (Wildman–Crippen MR) is 64.3 cm³/mol. The van der Waals surface area contributed by atoms with E-state index >= 15 is 0 Å². The summed E-state index contributed by atoms with van der Waals surface area (Å²) in [7, 11) is 0. The fourth-order valence-electron chi connectivity index (χ4n) is 1.56. The second-order valence-electron chi connectivity index (χ2n) is 3.76. The SMILES string of the molecule is CCCOCCOC(C)C(CC)NCC. The maximum absolute atomic E-state index is 5.71. The fraction of sp³-hybridized carbons (Fsp3) is 1.00. The van der Waals surface area contributed by atoms with Gasteiger partial charge in [0.25, 0.3) is 0 Å². The standard InChI is InChI=1S/C12H27NO2/c1-5-8-14-9-10-15-11(4)12(6-2)13-7-3/h11-13H,5-10H2,1-4H3. The van der Waals surface area contributed by atoms with Crippen molar-refractivity contribution in [1.82, 2.24) is 5.32 Å². The molecule has 0 spiro atoms. The largest absolute Gasteiger partial charge is 0.379 e. The van der Waals surface area contributed by atoms with Crippen LogP contribution in [0.15, 0.2) is 0 Å². The van der Waals surface area contributed by atoms with Gasteiger partial charge in [-0.2, -0.15) is 0 Å². The van der Waals surface area contributed by atoms with Crippen molar-refractivity contribution >= 4 is 0 Å². The van der Waals surface area contributed by atoms with E-state index in [9.17, 15) is 0 Å². The number of likely N-dealkylation sites (N-methyl/N-ethyl adjacent to an activating group) is 1. The average Bonchev–Trinajstić information content (AvgIpc) is 2.25. The van der Waals surface area contributed by atoms with Crippen molar-refractivity contribution in [3.63, 3.8) is 0 Å². The molecule has 3 heteroatoms. The van der Waals surface area contributed by atoms with Gasteiger partial charge in [0.2, 0.25) is 0 Å². The lowest BCUT2D eigenvalue weighted by molar-refractivity contribution is -0.00330. The van der Waals surface area contributed by atoms with E-state index in [2.05, 4.69) is 33.0 Å². The molecular formula is C12H27NO2. The lowest BCUT2D eigenvalue weighted by atomic mass is 10.1. The van der Waals surface area contributed by atoms with E-state index in [0.717, 1.165) is 26.0 Å². The molecule has 1 N–H and O–H groups in total. The molecule has 0 radical (unpaired) electrons. The maximum Gasteiger partial charge on any atom is 0.0704 e. The molecule has 15 heavy (non-hydrogen) atoms. The van der Waals surface area contributed by atoms with Crippen LogP contribution < -0.4 is 5.32 Å². The van der Waals surface area contributed by atoms with Crippen LogP contribution in [-0.2, 0) is 9.47 Å². The van der Waals surface area contributed by atoms with Crippen molar-refractivity contribution in [2.45, 2.75) is 52.7 Å². The Bertz CT molecular complexity index is 131. The second kappa shape index (κ2) is 10.4. The lowest BCUT2D eigenvalue weighted by Crippen LogP contribution is -2.39. The Morgan fingerprint density at radius 1 is 1.07 bits per heavy atom. The van der Waals surface area contributed by atoms with Gasteiger partial charge in [-0.1, -0.05) is 20.8 Å². The van der Waals surface area contributed by atoms with Gasteiger partial charge >= 0.3 is 0 Å². The lowest BCUT2D eigenvalue weighted by Gasteiger charge is -2.23. The molecular weight excluding hydrogens is 190 g/mol. The third-order valence-corrected chi connectivity index (χ3v) is 2.43. The van der Waals surface area contributed by atoms with Gasteiger partial charge in [-0.25, -0.2) is 0 Å². The Balaban J connectivity index is 3.48. The Morgan fingerprint density at radius 3 is 2.33 bits per heavy atom. The molecule has 0 aromatic rings. The summed E-state index contributed by atoms with van der Waals surface area (Å²) in [4.78, 5) is 0. The molecule has 92 valence electrons. The zero-order chi connectivity index (χ0) is 11.5. The number of hydrogen-bond acceptors (Lipinski definition) is 3. The van der Waals surface area contributed by atoms with Gasteiger partial charge < -0.3 is 14.8 Å². The molecule has 0 rings (SSSR count). The highest BCUT2D eigenvalue weighted by Gasteiger charge is 2.13. The molecule has 2 unspecified atom stereocenters. The van der Waals surface area contributed by atoms with Crippen molar-refractivity contribution in [3.8, 4) is 0 Å². The molecule has 0 aromatic carbocycles. The van der Waals surface area contributed by atoms with Gasteiger partial charge in [0, 0.05) is 12.6 Å². The highest BCUT2D eigenvalue weighted by atomic mass is 16.5. The molecule has 0 aromatic heterocycles. The van der Waals surface area contributed by atoms with E-state index in [1.54, 1.807) is 0 Å². The van der Waals surface area contributed by atoms with Crippen molar-refractivity contribution in [2.24, 2.45) is 0 Å². The van der Waals surface area contributed by atoms with Gasteiger partial charge in [0.15, 0.2) is 0 Å². The molecule has 3 nitrogen and oxygen atoms in total. The maximum atomic E-state index is 5.71. The molecule has 0 bridgehead atoms. The average molecular weight is 217 g/mol. The van der Waals surface area contributed by atoms with Gasteiger partial charge in [-0.3, -0.25) is 0 Å². The molecule has 0 fully saturated rings. The normalized spacial score (nSPS) is 15.2. The van der Waals surface area contributed by atoms with Crippen molar-refractivity contribution in [3.05, 3.63) is 0 Å². The predicted octanol–water partition coefficient (Wildman–Crippen LogP) is 2.21. The molecule has 2 atom stereocenters. The van der Waals surface area contributed by atoms with E-state index < -0.39 is 0 Å². The Morgan fingerprint density at radius 2 is 1.80 bits per heavy atom. The van der Waals surface area contributed by atoms with Crippen LogP contribution in [0.2, 0.25) is 0 Å². The summed E-state index contributed by atoms with van der Waals surface area (Å²) in [6, 6.07) is 0.459. The molecule has 0 aliphatic rings. The molecule has 0 heterocycles. The van der Waals surface area contributed by atoms with Crippen molar-refractivity contribution in [1.29, 1.82) is 0 Å². The highest BCUT2D eigenvalue weighted by molar-refractivity contribution is 4.71. The van der Waals surface area contributed by atoms with Gasteiger partial charge in [0.05, 0.1) is 19.3 Å². The molecule has 0 saturated carbocycles. The van der Waals surface area contributed by atoms with Crippen molar-refractivity contribution < 1.29 is 9.47 Å². The first-order chi connectivity index (χ1) is 7.26. The minimum absolute atomic E-state index is 0.264. The number of ether oxygens (including phenoxy) is 2. The molecule has 0 aliphatic heterocycles.